The van der Waals surface area contributed by atoms with E-state index in [1.54, 1.807) is 12.1 Å². The second kappa shape index (κ2) is 9.37. The standard InChI is InChI=1S/C24H21ClN4OS/c1-16-8-12-20(13-9-16)29-23(18-6-4-3-5-7-18)27-28-24(29)31-15-22(30)26-21-14-19(25)11-10-17(21)2/h3-14H,15H2,1-2H3,(H,26,30). The molecule has 1 aromatic heterocycles. The highest BCUT2D eigenvalue weighted by Gasteiger charge is 2.17. The lowest BCUT2D eigenvalue weighted by Gasteiger charge is -2.11. The quantitative estimate of drug-likeness (QED) is 0.371. The average Bonchev–Trinajstić information content (AvgIpc) is 3.20. The lowest BCUT2D eigenvalue weighted by Crippen LogP contribution is -2.15. The number of benzene rings is 3. The molecule has 0 spiro atoms. The molecule has 0 atom stereocenters. The van der Waals surface area contributed by atoms with Gasteiger partial charge in [0.2, 0.25) is 5.91 Å². The van der Waals surface area contributed by atoms with Gasteiger partial charge >= 0.3 is 0 Å². The predicted octanol–water partition coefficient (Wildman–Crippen LogP) is 5.94. The highest BCUT2D eigenvalue weighted by molar-refractivity contribution is 7.99. The minimum atomic E-state index is -0.130. The number of amides is 1. The van der Waals surface area contributed by atoms with Crippen LogP contribution in [0.5, 0.6) is 0 Å². The highest BCUT2D eigenvalue weighted by Crippen LogP contribution is 2.28. The Morgan fingerprint density at radius 2 is 1.74 bits per heavy atom. The van der Waals surface area contributed by atoms with E-state index in [1.165, 1.54) is 17.3 Å². The molecule has 156 valence electrons. The van der Waals surface area contributed by atoms with E-state index in [4.69, 9.17) is 11.6 Å². The Bertz CT molecular complexity index is 1210. The molecule has 0 saturated carbocycles. The summed E-state index contributed by atoms with van der Waals surface area (Å²) in [6.07, 6.45) is 0. The topological polar surface area (TPSA) is 59.8 Å². The molecule has 0 aliphatic rings. The maximum atomic E-state index is 12.6. The first-order valence-electron chi connectivity index (χ1n) is 9.78. The van der Waals surface area contributed by atoms with Crippen LogP contribution < -0.4 is 5.32 Å². The number of carbonyl (C=O) groups excluding carboxylic acids is 1. The van der Waals surface area contributed by atoms with Gasteiger partial charge in [0, 0.05) is 22.0 Å². The number of anilines is 1. The van der Waals surface area contributed by atoms with Gasteiger partial charge in [-0.1, -0.05) is 77.5 Å². The molecule has 1 heterocycles. The van der Waals surface area contributed by atoms with E-state index in [0.29, 0.717) is 15.9 Å². The largest absolute Gasteiger partial charge is 0.325 e. The molecule has 3 aromatic carbocycles. The second-order valence-electron chi connectivity index (χ2n) is 7.14. The third kappa shape index (κ3) is 4.98. The summed E-state index contributed by atoms with van der Waals surface area (Å²) in [7, 11) is 0. The van der Waals surface area contributed by atoms with Gasteiger partial charge < -0.3 is 5.32 Å². The molecule has 5 nitrogen and oxygen atoms in total. The summed E-state index contributed by atoms with van der Waals surface area (Å²) < 4.78 is 1.98. The smallest absolute Gasteiger partial charge is 0.234 e. The normalized spacial score (nSPS) is 10.8. The van der Waals surface area contributed by atoms with Crippen LogP contribution in [0.4, 0.5) is 5.69 Å². The maximum absolute atomic E-state index is 12.6. The maximum Gasteiger partial charge on any atom is 0.234 e. The first-order valence-corrected chi connectivity index (χ1v) is 11.1. The zero-order valence-electron chi connectivity index (χ0n) is 17.2. The molecule has 4 aromatic rings. The SMILES string of the molecule is Cc1ccc(-n2c(SCC(=O)Nc3cc(Cl)ccc3C)nnc2-c2ccccc2)cc1. The number of aromatic nitrogens is 3. The molecular formula is C24H21ClN4OS. The van der Waals surface area contributed by atoms with Crippen LogP contribution in [-0.2, 0) is 4.79 Å². The molecule has 0 fully saturated rings. The molecule has 31 heavy (non-hydrogen) atoms. The van der Waals surface area contributed by atoms with Crippen LogP contribution in [0.2, 0.25) is 5.02 Å². The summed E-state index contributed by atoms with van der Waals surface area (Å²) in [4.78, 5) is 12.6. The van der Waals surface area contributed by atoms with Crippen molar-refractivity contribution in [1.82, 2.24) is 14.8 Å². The fourth-order valence-corrected chi connectivity index (χ4v) is 4.03. The average molecular weight is 449 g/mol. The van der Waals surface area contributed by atoms with Gasteiger partial charge in [0.1, 0.15) is 0 Å². The number of carbonyl (C=O) groups is 1. The van der Waals surface area contributed by atoms with Crippen LogP contribution in [-0.4, -0.2) is 26.4 Å². The molecule has 4 rings (SSSR count). The summed E-state index contributed by atoms with van der Waals surface area (Å²) in [5.41, 5.74) is 4.74. The summed E-state index contributed by atoms with van der Waals surface area (Å²) in [5, 5.41) is 13.0. The molecule has 1 N–H and O–H groups in total. The van der Waals surface area contributed by atoms with Gasteiger partial charge in [-0.15, -0.1) is 10.2 Å². The highest BCUT2D eigenvalue weighted by atomic mass is 35.5. The Balaban J connectivity index is 1.59. The van der Waals surface area contributed by atoms with Crippen molar-refractivity contribution in [3.63, 3.8) is 0 Å². The lowest BCUT2D eigenvalue weighted by atomic mass is 10.2. The van der Waals surface area contributed by atoms with Gasteiger partial charge in [-0.05, 0) is 43.7 Å². The summed E-state index contributed by atoms with van der Waals surface area (Å²) in [6.45, 7) is 3.98. The third-order valence-electron chi connectivity index (χ3n) is 4.76. The van der Waals surface area contributed by atoms with E-state index in [1.807, 2.05) is 79.1 Å². The summed E-state index contributed by atoms with van der Waals surface area (Å²) in [6, 6.07) is 23.5. The van der Waals surface area contributed by atoms with E-state index < -0.39 is 0 Å². The van der Waals surface area contributed by atoms with Crippen LogP contribution in [0.3, 0.4) is 0 Å². The van der Waals surface area contributed by atoms with Crippen LogP contribution in [0.25, 0.3) is 17.1 Å². The van der Waals surface area contributed by atoms with Gasteiger partial charge in [0.05, 0.1) is 5.75 Å². The number of halogens is 1. The fourth-order valence-electron chi connectivity index (χ4n) is 3.11. The van der Waals surface area contributed by atoms with Gasteiger partial charge in [0.15, 0.2) is 11.0 Å². The summed E-state index contributed by atoms with van der Waals surface area (Å²) >= 11 is 7.40. The number of hydrogen-bond donors (Lipinski definition) is 1. The van der Waals surface area contributed by atoms with Gasteiger partial charge in [-0.25, -0.2) is 0 Å². The molecular weight excluding hydrogens is 428 g/mol. The van der Waals surface area contributed by atoms with Crippen molar-refractivity contribution < 1.29 is 4.79 Å². The van der Waals surface area contributed by atoms with Crippen molar-refractivity contribution in [2.24, 2.45) is 0 Å². The van der Waals surface area contributed by atoms with Crippen molar-refractivity contribution in [3.05, 3.63) is 88.9 Å². The molecule has 0 aliphatic carbocycles. The van der Waals surface area contributed by atoms with Crippen molar-refractivity contribution in [3.8, 4) is 17.1 Å². The minimum absolute atomic E-state index is 0.130. The van der Waals surface area contributed by atoms with Gasteiger partial charge in [0.25, 0.3) is 0 Å². The Morgan fingerprint density at radius 3 is 2.48 bits per heavy atom. The van der Waals surface area contributed by atoms with E-state index >= 15 is 0 Å². The fraction of sp³-hybridized carbons (Fsp3) is 0.125. The number of nitrogens with zero attached hydrogens (tertiary/aromatic N) is 3. The number of nitrogens with one attached hydrogen (secondary N) is 1. The number of hydrogen-bond acceptors (Lipinski definition) is 4. The van der Waals surface area contributed by atoms with Crippen molar-refractivity contribution in [1.29, 1.82) is 0 Å². The van der Waals surface area contributed by atoms with Crippen molar-refractivity contribution >= 4 is 35.0 Å². The molecule has 0 saturated heterocycles. The Kier molecular flexibility index (Phi) is 6.39. The molecule has 1 amide bonds. The van der Waals surface area contributed by atoms with E-state index in [-0.39, 0.29) is 11.7 Å². The molecule has 0 bridgehead atoms. The first kappa shape index (κ1) is 21.2. The second-order valence-corrected chi connectivity index (χ2v) is 8.52. The van der Waals surface area contributed by atoms with Crippen LogP contribution in [0.1, 0.15) is 11.1 Å². The summed E-state index contributed by atoms with van der Waals surface area (Å²) in [5.74, 6) is 0.804. The Hall–Kier alpha value is -3.09. The zero-order chi connectivity index (χ0) is 21.8. The van der Waals surface area contributed by atoms with E-state index in [9.17, 15) is 4.79 Å². The Labute approximate surface area is 190 Å². The zero-order valence-corrected chi connectivity index (χ0v) is 18.7. The molecule has 7 heteroatoms. The van der Waals surface area contributed by atoms with Crippen molar-refractivity contribution in [2.75, 3.05) is 11.1 Å². The van der Waals surface area contributed by atoms with Crippen molar-refractivity contribution in [2.45, 2.75) is 19.0 Å². The minimum Gasteiger partial charge on any atom is -0.325 e. The predicted molar refractivity (Wildman–Crippen MR) is 127 cm³/mol. The van der Waals surface area contributed by atoms with E-state index in [2.05, 4.69) is 15.5 Å². The Morgan fingerprint density at radius 1 is 1.00 bits per heavy atom. The van der Waals surface area contributed by atoms with E-state index in [0.717, 1.165) is 22.6 Å². The molecule has 0 radical (unpaired) electrons. The number of aryl methyl sites for hydroxylation is 2. The first-order chi connectivity index (χ1) is 15.0. The molecule has 0 aliphatic heterocycles. The number of thioether (sulfide) groups is 1. The number of rotatable bonds is 6. The van der Waals surface area contributed by atoms with Crippen LogP contribution in [0, 0.1) is 13.8 Å². The van der Waals surface area contributed by atoms with Crippen LogP contribution >= 0.6 is 23.4 Å². The third-order valence-corrected chi connectivity index (χ3v) is 5.93. The van der Waals surface area contributed by atoms with Crippen LogP contribution in [0.15, 0.2) is 78.0 Å². The lowest BCUT2D eigenvalue weighted by molar-refractivity contribution is -0.113. The molecule has 0 unspecified atom stereocenters. The van der Waals surface area contributed by atoms with Gasteiger partial charge in [-0.3, -0.25) is 9.36 Å². The monoisotopic (exact) mass is 448 g/mol. The van der Waals surface area contributed by atoms with Gasteiger partial charge in [-0.2, -0.15) is 0 Å².